The van der Waals surface area contributed by atoms with Crippen LogP contribution in [-0.2, 0) is 4.79 Å². The Labute approximate surface area is 135 Å². The first-order chi connectivity index (χ1) is 11.4. The monoisotopic (exact) mass is 333 g/mol. The summed E-state index contributed by atoms with van der Waals surface area (Å²) >= 11 is 0. The third-order valence-electron chi connectivity index (χ3n) is 3.61. The Morgan fingerprint density at radius 2 is 1.42 bits per heavy atom. The molecule has 24 heavy (non-hydrogen) atoms. The molecule has 0 radical (unpaired) electrons. The number of amides is 1. The van der Waals surface area contributed by atoms with Crippen molar-refractivity contribution in [2.45, 2.75) is 6.92 Å². The van der Waals surface area contributed by atoms with Crippen molar-refractivity contribution in [3.63, 3.8) is 0 Å². The number of carbonyl (C=O) groups excluding carboxylic acids is 1. The smallest absolute Gasteiger partial charge is 0.228 e. The molecule has 2 nitrogen and oxygen atoms in total. The molecule has 0 bridgehead atoms. The average Bonchev–Trinajstić information content (AvgIpc) is 2.80. The van der Waals surface area contributed by atoms with Crippen LogP contribution in [-0.4, -0.2) is 5.91 Å². The fourth-order valence-electron chi connectivity index (χ4n) is 2.54. The molecule has 0 saturated heterocycles. The van der Waals surface area contributed by atoms with Crippen LogP contribution in [0.2, 0.25) is 0 Å². The third kappa shape index (κ3) is 2.60. The Kier molecular flexibility index (Phi) is 3.97. The van der Waals surface area contributed by atoms with Gasteiger partial charge in [0.2, 0.25) is 5.91 Å². The Bertz CT molecular complexity index is 879. The first kappa shape index (κ1) is 16.0. The average molecular weight is 333 g/mol. The first-order valence-corrected chi connectivity index (χ1v) is 7.02. The van der Waals surface area contributed by atoms with Crippen molar-refractivity contribution in [2.24, 2.45) is 0 Å². The molecule has 1 aromatic rings. The van der Waals surface area contributed by atoms with Crippen LogP contribution in [0.25, 0.3) is 11.1 Å². The summed E-state index contributed by atoms with van der Waals surface area (Å²) in [7, 11) is 0. The number of halogens is 4. The predicted molar refractivity (Wildman–Crippen MR) is 82.2 cm³/mol. The number of anilines is 2. The minimum Gasteiger partial charge on any atom is -0.278 e. The lowest BCUT2D eigenvalue weighted by Crippen LogP contribution is -2.24. The number of nitrogens with zero attached hydrogens (tertiary/aromatic N) is 1. The van der Waals surface area contributed by atoms with Gasteiger partial charge in [-0.15, -0.1) is 0 Å². The van der Waals surface area contributed by atoms with Crippen LogP contribution in [0.15, 0.2) is 48.5 Å². The highest BCUT2D eigenvalue weighted by atomic mass is 19.2. The van der Waals surface area contributed by atoms with Crippen LogP contribution >= 0.6 is 0 Å². The van der Waals surface area contributed by atoms with Crippen LogP contribution in [0.1, 0.15) is 6.92 Å². The molecule has 0 saturated carbocycles. The van der Waals surface area contributed by atoms with Gasteiger partial charge in [-0.05, 0) is 23.3 Å². The van der Waals surface area contributed by atoms with Crippen LogP contribution < -0.4 is 4.90 Å². The van der Waals surface area contributed by atoms with Gasteiger partial charge in [0.25, 0.3) is 0 Å². The Morgan fingerprint density at radius 3 is 1.96 bits per heavy atom. The van der Waals surface area contributed by atoms with Crippen LogP contribution in [0, 0.1) is 23.3 Å². The second kappa shape index (κ2) is 5.96. The second-order valence-corrected chi connectivity index (χ2v) is 5.21. The SMILES string of the molecule is CC(=O)N(c1cc2cccccc-2c1)c1cc(F)c(F)c(F)c1F. The summed E-state index contributed by atoms with van der Waals surface area (Å²) in [5.41, 5.74) is 1.06. The standard InChI is InChI=1S/C18H11F4NO/c1-10(24)23(15-9-14(19)16(20)18(22)17(15)21)13-7-11-5-3-2-4-6-12(11)8-13/h2-9H,1H3. The summed E-state index contributed by atoms with van der Waals surface area (Å²) < 4.78 is 54.2. The molecule has 0 atom stereocenters. The zero-order chi connectivity index (χ0) is 17.4. The van der Waals surface area contributed by atoms with Gasteiger partial charge >= 0.3 is 0 Å². The molecule has 1 aromatic carbocycles. The van der Waals surface area contributed by atoms with Crippen molar-refractivity contribution in [1.82, 2.24) is 0 Å². The van der Waals surface area contributed by atoms with Crippen molar-refractivity contribution in [3.8, 4) is 11.1 Å². The zero-order valence-corrected chi connectivity index (χ0v) is 12.5. The van der Waals surface area contributed by atoms with Crippen molar-refractivity contribution in [3.05, 3.63) is 71.8 Å². The molecule has 0 aromatic heterocycles. The maximum atomic E-state index is 14.1. The minimum absolute atomic E-state index is 0.230. The maximum Gasteiger partial charge on any atom is 0.228 e. The van der Waals surface area contributed by atoms with Gasteiger partial charge in [0.15, 0.2) is 23.3 Å². The summed E-state index contributed by atoms with van der Waals surface area (Å²) in [5, 5.41) is 0. The van der Waals surface area contributed by atoms with E-state index in [1.807, 2.05) is 6.07 Å². The number of benzene rings is 1. The largest absolute Gasteiger partial charge is 0.278 e. The van der Waals surface area contributed by atoms with Crippen LogP contribution in [0.3, 0.4) is 0 Å². The van der Waals surface area contributed by atoms with Crippen molar-refractivity contribution >= 4 is 17.3 Å². The molecule has 0 heterocycles. The molecule has 0 N–H and O–H groups in total. The highest BCUT2D eigenvalue weighted by molar-refractivity contribution is 6.01. The molecule has 0 spiro atoms. The first-order valence-electron chi connectivity index (χ1n) is 7.02. The summed E-state index contributed by atoms with van der Waals surface area (Å²) in [6.45, 7) is 1.12. The van der Waals surface area contributed by atoms with E-state index in [-0.39, 0.29) is 5.69 Å². The Hall–Kier alpha value is -2.89. The molecule has 1 amide bonds. The molecule has 122 valence electrons. The third-order valence-corrected chi connectivity index (χ3v) is 3.61. The van der Waals surface area contributed by atoms with E-state index in [1.165, 1.54) is 0 Å². The van der Waals surface area contributed by atoms with Gasteiger partial charge in [0.05, 0.1) is 11.4 Å². The number of hydrogen-bond acceptors (Lipinski definition) is 1. The van der Waals surface area contributed by atoms with Crippen molar-refractivity contribution in [1.29, 1.82) is 0 Å². The van der Waals surface area contributed by atoms with Crippen LogP contribution in [0.5, 0.6) is 0 Å². The van der Waals surface area contributed by atoms with E-state index in [9.17, 15) is 22.4 Å². The highest BCUT2D eigenvalue weighted by Gasteiger charge is 2.26. The number of rotatable bonds is 2. The molecule has 2 aliphatic rings. The summed E-state index contributed by atoms with van der Waals surface area (Å²) in [5.74, 6) is -7.74. The van der Waals surface area contributed by atoms with E-state index in [4.69, 9.17) is 0 Å². The van der Waals surface area contributed by atoms with Gasteiger partial charge < -0.3 is 0 Å². The molecule has 6 heteroatoms. The maximum absolute atomic E-state index is 14.1. The van der Waals surface area contributed by atoms with Gasteiger partial charge in [-0.1, -0.05) is 30.3 Å². The summed E-state index contributed by atoms with van der Waals surface area (Å²) in [4.78, 5) is 12.8. The van der Waals surface area contributed by atoms with E-state index in [0.717, 1.165) is 23.0 Å². The molecule has 0 fully saturated rings. The molecule has 0 aliphatic heterocycles. The van der Waals surface area contributed by atoms with Crippen molar-refractivity contribution in [2.75, 3.05) is 4.90 Å². The zero-order valence-electron chi connectivity index (χ0n) is 12.5. The van der Waals surface area contributed by atoms with Gasteiger partial charge in [0, 0.05) is 13.0 Å². The van der Waals surface area contributed by atoms with E-state index in [2.05, 4.69) is 0 Å². The predicted octanol–water partition coefficient (Wildman–Crippen LogP) is 5.03. The molecular formula is C18H11F4NO. The lowest BCUT2D eigenvalue weighted by Gasteiger charge is -2.21. The van der Waals surface area contributed by atoms with E-state index >= 15 is 0 Å². The summed E-state index contributed by atoms with van der Waals surface area (Å²) in [6.07, 6.45) is 0. The molecule has 0 unspecified atom stereocenters. The number of carbonyl (C=O) groups is 1. The van der Waals surface area contributed by atoms with Crippen molar-refractivity contribution < 1.29 is 22.4 Å². The van der Waals surface area contributed by atoms with Crippen LogP contribution in [0.4, 0.5) is 28.9 Å². The lowest BCUT2D eigenvalue weighted by atomic mass is 10.2. The lowest BCUT2D eigenvalue weighted by molar-refractivity contribution is -0.115. The Balaban J connectivity index is 2.22. The van der Waals surface area contributed by atoms with E-state index in [0.29, 0.717) is 6.07 Å². The number of hydrogen-bond donors (Lipinski definition) is 0. The highest BCUT2D eigenvalue weighted by Crippen LogP contribution is 2.37. The van der Waals surface area contributed by atoms with E-state index < -0.39 is 34.9 Å². The fraction of sp³-hybridized carbons (Fsp3) is 0.0556. The fourth-order valence-corrected chi connectivity index (χ4v) is 2.54. The second-order valence-electron chi connectivity index (χ2n) is 5.21. The minimum atomic E-state index is -1.96. The van der Waals surface area contributed by atoms with E-state index in [1.54, 1.807) is 36.4 Å². The normalized spacial score (nSPS) is 10.9. The van der Waals surface area contributed by atoms with Gasteiger partial charge in [-0.3, -0.25) is 9.69 Å². The summed E-state index contributed by atoms with van der Waals surface area (Å²) in [6, 6.07) is 12.5. The molecule has 3 rings (SSSR count). The van der Waals surface area contributed by atoms with Gasteiger partial charge in [0.1, 0.15) is 0 Å². The topological polar surface area (TPSA) is 20.3 Å². The van der Waals surface area contributed by atoms with Gasteiger partial charge in [-0.2, -0.15) is 0 Å². The molecular weight excluding hydrogens is 322 g/mol. The quantitative estimate of drug-likeness (QED) is 0.366. The number of fused-ring (bicyclic) bond motifs is 1. The molecule has 2 aliphatic carbocycles. The van der Waals surface area contributed by atoms with Gasteiger partial charge in [-0.25, -0.2) is 17.6 Å². The Morgan fingerprint density at radius 1 is 0.833 bits per heavy atom.